The van der Waals surface area contributed by atoms with E-state index < -0.39 is 0 Å². The minimum absolute atomic E-state index is 0.473. The lowest BCUT2D eigenvalue weighted by atomic mass is 10.3. The van der Waals surface area contributed by atoms with Gasteiger partial charge in [-0.05, 0) is 31.2 Å². The molecule has 0 spiro atoms. The number of nitrogen functional groups attached to an aromatic ring is 1. The van der Waals surface area contributed by atoms with Gasteiger partial charge in [0.25, 0.3) is 0 Å². The molecule has 2 heterocycles. The van der Waals surface area contributed by atoms with Crippen LogP contribution in [0.5, 0.6) is 5.88 Å². The first-order valence-corrected chi connectivity index (χ1v) is 5.83. The van der Waals surface area contributed by atoms with Crippen LogP contribution in [0, 0.1) is 0 Å². The topological polar surface area (TPSA) is 64.5 Å². The van der Waals surface area contributed by atoms with Gasteiger partial charge >= 0.3 is 0 Å². The number of anilines is 2. The predicted octanol–water partition coefficient (Wildman–Crippen LogP) is 2.29. The summed E-state index contributed by atoms with van der Waals surface area (Å²) in [6.45, 7) is 3.10. The zero-order valence-electron chi connectivity index (χ0n) is 10.6. The maximum absolute atomic E-state index is 5.79. The number of nitrogens with two attached hydrogens (primary N) is 1. The SMILES string of the molecule is CCOc1nc(N(C)Cc2ccco2)ccc1N. The van der Waals surface area contributed by atoms with Crippen molar-refractivity contribution in [1.29, 1.82) is 0 Å². The molecule has 18 heavy (non-hydrogen) atoms. The lowest BCUT2D eigenvalue weighted by molar-refractivity contribution is 0.329. The molecule has 0 unspecified atom stereocenters. The number of hydrogen-bond donors (Lipinski definition) is 1. The summed E-state index contributed by atoms with van der Waals surface area (Å²) in [6, 6.07) is 7.45. The smallest absolute Gasteiger partial charge is 0.239 e. The Hall–Kier alpha value is -2.17. The van der Waals surface area contributed by atoms with Gasteiger partial charge in [0.2, 0.25) is 5.88 Å². The summed E-state index contributed by atoms with van der Waals surface area (Å²) in [5, 5.41) is 0. The van der Waals surface area contributed by atoms with Crippen LogP contribution in [0.25, 0.3) is 0 Å². The lowest BCUT2D eigenvalue weighted by Crippen LogP contribution is -2.17. The molecule has 0 atom stereocenters. The van der Waals surface area contributed by atoms with Gasteiger partial charge in [0, 0.05) is 7.05 Å². The highest BCUT2D eigenvalue weighted by Gasteiger charge is 2.09. The van der Waals surface area contributed by atoms with E-state index in [1.54, 1.807) is 12.3 Å². The Kier molecular flexibility index (Phi) is 3.72. The van der Waals surface area contributed by atoms with Crippen LogP contribution in [0.4, 0.5) is 11.5 Å². The van der Waals surface area contributed by atoms with Gasteiger partial charge in [-0.15, -0.1) is 0 Å². The van der Waals surface area contributed by atoms with Crippen LogP contribution in [0.3, 0.4) is 0 Å². The average Bonchev–Trinajstić information content (AvgIpc) is 2.85. The number of furan rings is 1. The lowest BCUT2D eigenvalue weighted by Gasteiger charge is -2.18. The third-order valence-electron chi connectivity index (χ3n) is 2.52. The predicted molar refractivity (Wildman–Crippen MR) is 70.6 cm³/mol. The molecule has 0 bridgehead atoms. The standard InChI is InChI=1S/C13H17N3O2/c1-3-17-13-11(14)6-7-12(15-13)16(2)9-10-5-4-8-18-10/h4-8H,3,9,14H2,1-2H3. The molecule has 0 saturated heterocycles. The van der Waals surface area contributed by atoms with Crippen molar-refractivity contribution in [2.24, 2.45) is 0 Å². The number of pyridine rings is 1. The Bertz CT molecular complexity index is 497. The second-order valence-corrected chi connectivity index (χ2v) is 3.93. The Morgan fingerprint density at radius 1 is 1.39 bits per heavy atom. The Morgan fingerprint density at radius 2 is 2.22 bits per heavy atom. The molecule has 2 aromatic rings. The molecule has 2 N–H and O–H groups in total. The molecule has 96 valence electrons. The minimum Gasteiger partial charge on any atom is -0.476 e. The van der Waals surface area contributed by atoms with Crippen molar-refractivity contribution in [1.82, 2.24) is 4.98 Å². The quantitative estimate of drug-likeness (QED) is 0.878. The third kappa shape index (κ3) is 2.74. The van der Waals surface area contributed by atoms with Crippen molar-refractivity contribution in [3.8, 4) is 5.88 Å². The first-order valence-electron chi connectivity index (χ1n) is 5.83. The second kappa shape index (κ2) is 5.44. The van der Waals surface area contributed by atoms with Gasteiger partial charge in [-0.2, -0.15) is 4.98 Å². The van der Waals surface area contributed by atoms with E-state index in [0.717, 1.165) is 11.6 Å². The van der Waals surface area contributed by atoms with E-state index in [4.69, 9.17) is 14.9 Å². The number of aromatic nitrogens is 1. The molecule has 0 fully saturated rings. The van der Waals surface area contributed by atoms with Gasteiger partial charge in [-0.1, -0.05) is 0 Å². The van der Waals surface area contributed by atoms with Crippen LogP contribution in [-0.2, 0) is 6.54 Å². The van der Waals surface area contributed by atoms with E-state index in [9.17, 15) is 0 Å². The molecule has 0 aliphatic heterocycles. The van der Waals surface area contributed by atoms with Crippen molar-refractivity contribution in [3.05, 3.63) is 36.3 Å². The van der Waals surface area contributed by atoms with Crippen LogP contribution < -0.4 is 15.4 Å². The minimum atomic E-state index is 0.473. The van der Waals surface area contributed by atoms with Gasteiger partial charge in [0.15, 0.2) is 0 Å². The van der Waals surface area contributed by atoms with E-state index >= 15 is 0 Å². The highest BCUT2D eigenvalue weighted by atomic mass is 16.5. The third-order valence-corrected chi connectivity index (χ3v) is 2.52. The van der Waals surface area contributed by atoms with Crippen LogP contribution >= 0.6 is 0 Å². The van der Waals surface area contributed by atoms with Gasteiger partial charge in [-0.25, -0.2) is 0 Å². The Balaban J connectivity index is 2.14. The summed E-state index contributed by atoms with van der Waals surface area (Å²) in [5.41, 5.74) is 6.34. The molecule has 0 saturated carbocycles. The molecule has 0 aliphatic carbocycles. The van der Waals surface area contributed by atoms with Gasteiger partial charge in [0.1, 0.15) is 11.6 Å². The summed E-state index contributed by atoms with van der Waals surface area (Å²) >= 11 is 0. The number of hydrogen-bond acceptors (Lipinski definition) is 5. The Morgan fingerprint density at radius 3 is 2.89 bits per heavy atom. The summed E-state index contributed by atoms with van der Waals surface area (Å²) in [6.07, 6.45) is 1.66. The fourth-order valence-electron chi connectivity index (χ4n) is 1.62. The van der Waals surface area contributed by atoms with Crippen LogP contribution in [-0.4, -0.2) is 18.6 Å². The molecular formula is C13H17N3O2. The van der Waals surface area contributed by atoms with Crippen molar-refractivity contribution in [2.75, 3.05) is 24.3 Å². The fraction of sp³-hybridized carbons (Fsp3) is 0.308. The fourth-order valence-corrected chi connectivity index (χ4v) is 1.62. The highest BCUT2D eigenvalue weighted by Crippen LogP contribution is 2.23. The highest BCUT2D eigenvalue weighted by molar-refractivity contribution is 5.54. The summed E-state index contributed by atoms with van der Waals surface area (Å²) in [7, 11) is 1.94. The van der Waals surface area contributed by atoms with Crippen LogP contribution in [0.1, 0.15) is 12.7 Å². The average molecular weight is 247 g/mol. The first kappa shape index (κ1) is 12.3. The van der Waals surface area contributed by atoms with E-state index in [1.165, 1.54) is 0 Å². The normalized spacial score (nSPS) is 10.3. The molecular weight excluding hydrogens is 230 g/mol. The molecule has 0 aromatic carbocycles. The van der Waals surface area contributed by atoms with Gasteiger partial charge < -0.3 is 19.8 Å². The Labute approximate surface area is 106 Å². The van der Waals surface area contributed by atoms with E-state index in [0.29, 0.717) is 24.7 Å². The van der Waals surface area contributed by atoms with E-state index in [1.807, 2.05) is 37.1 Å². The molecule has 0 amide bonds. The first-order chi connectivity index (χ1) is 8.70. The zero-order valence-corrected chi connectivity index (χ0v) is 10.6. The summed E-state index contributed by atoms with van der Waals surface area (Å²) in [5.74, 6) is 2.15. The van der Waals surface area contributed by atoms with Gasteiger partial charge in [-0.3, -0.25) is 0 Å². The van der Waals surface area contributed by atoms with Crippen molar-refractivity contribution in [2.45, 2.75) is 13.5 Å². The number of ether oxygens (including phenoxy) is 1. The van der Waals surface area contributed by atoms with E-state index in [-0.39, 0.29) is 0 Å². The maximum atomic E-state index is 5.79. The van der Waals surface area contributed by atoms with Crippen molar-refractivity contribution < 1.29 is 9.15 Å². The number of rotatable bonds is 5. The summed E-state index contributed by atoms with van der Waals surface area (Å²) in [4.78, 5) is 6.35. The maximum Gasteiger partial charge on any atom is 0.239 e. The molecule has 0 radical (unpaired) electrons. The summed E-state index contributed by atoms with van der Waals surface area (Å²) < 4.78 is 10.7. The molecule has 2 rings (SSSR count). The van der Waals surface area contributed by atoms with Crippen molar-refractivity contribution in [3.63, 3.8) is 0 Å². The second-order valence-electron chi connectivity index (χ2n) is 3.93. The molecule has 0 aliphatic rings. The largest absolute Gasteiger partial charge is 0.476 e. The number of nitrogens with zero attached hydrogens (tertiary/aromatic N) is 2. The van der Waals surface area contributed by atoms with Crippen LogP contribution in [0.15, 0.2) is 34.9 Å². The van der Waals surface area contributed by atoms with Crippen molar-refractivity contribution >= 4 is 11.5 Å². The van der Waals surface area contributed by atoms with E-state index in [2.05, 4.69) is 4.98 Å². The zero-order chi connectivity index (χ0) is 13.0. The van der Waals surface area contributed by atoms with Gasteiger partial charge in [0.05, 0.1) is 25.1 Å². The molecule has 2 aromatic heterocycles. The molecule has 5 heteroatoms. The monoisotopic (exact) mass is 247 g/mol. The van der Waals surface area contributed by atoms with Crippen LogP contribution in [0.2, 0.25) is 0 Å². The molecule has 5 nitrogen and oxygen atoms in total.